The molecule has 27 heavy (non-hydrogen) atoms. The molecule has 7 heteroatoms. The molecule has 1 aromatic rings. The van der Waals surface area contributed by atoms with Crippen LogP contribution in [0.1, 0.15) is 37.0 Å². The second-order valence-electron chi connectivity index (χ2n) is 6.60. The highest BCUT2D eigenvalue weighted by Gasteiger charge is 2.23. The molecule has 2 aliphatic heterocycles. The van der Waals surface area contributed by atoms with Gasteiger partial charge in [-0.3, -0.25) is 14.5 Å². The molecule has 0 aliphatic carbocycles. The largest absolute Gasteiger partial charge is 0.454 e. The number of carbonyl (C=O) groups excluding carboxylic acids is 2. The number of hydrogen-bond acceptors (Lipinski definition) is 5. The first kappa shape index (κ1) is 21.3. The van der Waals surface area contributed by atoms with Gasteiger partial charge in [0.25, 0.3) is 0 Å². The van der Waals surface area contributed by atoms with Crippen LogP contribution in [-0.2, 0) is 4.79 Å². The van der Waals surface area contributed by atoms with Gasteiger partial charge in [0.05, 0.1) is 0 Å². The standard InChI is InChI=1S/C20H26N2O4.ClH/c1-3-16(4-2)21-9-11-22(12-10-21)20(24)8-6-17(23)15-5-7-18-19(13-15)26-14-25-18;/h5-8,13,16H,3-4,9-12,14H2,1-2H3;1H. The third-order valence-electron chi connectivity index (χ3n) is 5.12. The van der Waals surface area contributed by atoms with E-state index in [1.54, 1.807) is 18.2 Å². The summed E-state index contributed by atoms with van der Waals surface area (Å²) in [5.74, 6) is 0.876. The fraction of sp³-hybridized carbons (Fsp3) is 0.500. The van der Waals surface area contributed by atoms with Crippen molar-refractivity contribution in [3.05, 3.63) is 35.9 Å². The number of halogens is 1. The lowest BCUT2D eigenvalue weighted by Gasteiger charge is -2.38. The van der Waals surface area contributed by atoms with Crippen LogP contribution in [0.25, 0.3) is 0 Å². The molecule has 0 bridgehead atoms. The van der Waals surface area contributed by atoms with Gasteiger partial charge in [-0.1, -0.05) is 13.8 Å². The average molecular weight is 395 g/mol. The summed E-state index contributed by atoms with van der Waals surface area (Å²) in [7, 11) is 0. The molecule has 0 radical (unpaired) electrons. The predicted molar refractivity (Wildman–Crippen MR) is 106 cm³/mol. The first-order valence-corrected chi connectivity index (χ1v) is 9.27. The number of benzene rings is 1. The molecule has 0 saturated carbocycles. The Morgan fingerprint density at radius 3 is 2.37 bits per heavy atom. The van der Waals surface area contributed by atoms with Crippen molar-refractivity contribution in [2.75, 3.05) is 33.0 Å². The first-order valence-electron chi connectivity index (χ1n) is 9.27. The number of hydrogen-bond donors (Lipinski definition) is 0. The Labute approximate surface area is 166 Å². The highest BCUT2D eigenvalue weighted by atomic mass is 35.5. The van der Waals surface area contributed by atoms with Crippen molar-refractivity contribution in [1.29, 1.82) is 0 Å². The van der Waals surface area contributed by atoms with Crippen LogP contribution in [0.5, 0.6) is 11.5 Å². The van der Waals surface area contributed by atoms with Crippen LogP contribution >= 0.6 is 12.4 Å². The Morgan fingerprint density at radius 1 is 1.04 bits per heavy atom. The molecule has 2 heterocycles. The normalized spacial score (nSPS) is 16.6. The molecule has 1 amide bonds. The molecule has 1 fully saturated rings. The van der Waals surface area contributed by atoms with E-state index >= 15 is 0 Å². The quantitative estimate of drug-likeness (QED) is 0.548. The lowest BCUT2D eigenvalue weighted by atomic mass is 10.1. The van der Waals surface area contributed by atoms with Gasteiger partial charge in [0.2, 0.25) is 12.7 Å². The molecule has 0 aromatic heterocycles. The highest BCUT2D eigenvalue weighted by molar-refractivity contribution is 6.07. The lowest BCUT2D eigenvalue weighted by molar-refractivity contribution is -0.128. The fourth-order valence-electron chi connectivity index (χ4n) is 3.51. The summed E-state index contributed by atoms with van der Waals surface area (Å²) in [6.45, 7) is 7.77. The number of piperazine rings is 1. The number of nitrogens with zero attached hydrogens (tertiary/aromatic N) is 2. The second-order valence-corrected chi connectivity index (χ2v) is 6.60. The average Bonchev–Trinajstić information content (AvgIpc) is 3.15. The molecule has 0 unspecified atom stereocenters. The van der Waals surface area contributed by atoms with Crippen molar-refractivity contribution < 1.29 is 19.1 Å². The van der Waals surface area contributed by atoms with Crippen LogP contribution in [0.15, 0.2) is 30.4 Å². The van der Waals surface area contributed by atoms with Crippen molar-refractivity contribution in [2.45, 2.75) is 32.7 Å². The highest BCUT2D eigenvalue weighted by Crippen LogP contribution is 2.32. The van der Waals surface area contributed by atoms with Crippen LogP contribution in [-0.4, -0.2) is 60.5 Å². The fourth-order valence-corrected chi connectivity index (χ4v) is 3.51. The molecule has 0 spiro atoms. The maximum Gasteiger partial charge on any atom is 0.246 e. The third-order valence-corrected chi connectivity index (χ3v) is 5.12. The van der Waals surface area contributed by atoms with Crippen molar-refractivity contribution in [2.24, 2.45) is 0 Å². The predicted octanol–water partition coefficient (Wildman–Crippen LogP) is 2.91. The minimum Gasteiger partial charge on any atom is -0.454 e. The molecule has 1 aromatic carbocycles. The van der Waals surface area contributed by atoms with Gasteiger partial charge >= 0.3 is 0 Å². The first-order chi connectivity index (χ1) is 12.6. The van der Waals surface area contributed by atoms with Gasteiger partial charge in [-0.05, 0) is 37.1 Å². The Bertz CT molecular complexity index is 695. The van der Waals surface area contributed by atoms with Gasteiger partial charge in [0, 0.05) is 43.9 Å². The second kappa shape index (κ2) is 9.76. The van der Waals surface area contributed by atoms with Crippen LogP contribution in [0.3, 0.4) is 0 Å². The topological polar surface area (TPSA) is 59.1 Å². The maximum absolute atomic E-state index is 12.4. The number of rotatable bonds is 6. The van der Waals surface area contributed by atoms with Crippen molar-refractivity contribution in [3.8, 4) is 11.5 Å². The summed E-state index contributed by atoms with van der Waals surface area (Å²) >= 11 is 0. The zero-order valence-electron chi connectivity index (χ0n) is 15.8. The van der Waals surface area contributed by atoms with Gasteiger partial charge in [-0.2, -0.15) is 0 Å². The summed E-state index contributed by atoms with van der Waals surface area (Å²) < 4.78 is 10.5. The van der Waals surface area contributed by atoms with Crippen molar-refractivity contribution in [1.82, 2.24) is 9.80 Å². The SMILES string of the molecule is CCC(CC)N1CCN(C(=O)C=CC(=O)c2ccc3c(c2)OCO3)CC1.Cl. The zero-order chi connectivity index (χ0) is 18.5. The summed E-state index contributed by atoms with van der Waals surface area (Å²) in [4.78, 5) is 28.9. The molecule has 148 valence electrons. The number of ketones is 1. The number of carbonyl (C=O) groups is 2. The van der Waals surface area contributed by atoms with E-state index in [4.69, 9.17) is 9.47 Å². The number of fused-ring (bicyclic) bond motifs is 1. The van der Waals surface area contributed by atoms with Crippen LogP contribution in [0.2, 0.25) is 0 Å². The Kier molecular flexibility index (Phi) is 7.68. The minimum atomic E-state index is -0.215. The molecule has 0 N–H and O–H groups in total. The van der Waals surface area contributed by atoms with Crippen LogP contribution < -0.4 is 9.47 Å². The summed E-state index contributed by atoms with van der Waals surface area (Å²) in [6.07, 6.45) is 4.98. The summed E-state index contributed by atoms with van der Waals surface area (Å²) in [5.41, 5.74) is 0.483. The maximum atomic E-state index is 12.4. The third kappa shape index (κ3) is 5.02. The number of amides is 1. The molecule has 3 rings (SSSR count). The smallest absolute Gasteiger partial charge is 0.246 e. The molecular weight excluding hydrogens is 368 g/mol. The van der Waals surface area contributed by atoms with Gasteiger partial charge in [-0.15, -0.1) is 12.4 Å². The van der Waals surface area contributed by atoms with E-state index < -0.39 is 0 Å². The molecule has 0 atom stereocenters. The molecule has 2 aliphatic rings. The van der Waals surface area contributed by atoms with Crippen LogP contribution in [0.4, 0.5) is 0 Å². The summed E-state index contributed by atoms with van der Waals surface area (Å²) in [5, 5.41) is 0. The van der Waals surface area contributed by atoms with Crippen molar-refractivity contribution in [3.63, 3.8) is 0 Å². The van der Waals surface area contributed by atoms with E-state index in [2.05, 4.69) is 18.7 Å². The Morgan fingerprint density at radius 2 is 1.70 bits per heavy atom. The van der Waals surface area contributed by atoms with E-state index in [0.717, 1.165) is 25.9 Å². The Balaban J connectivity index is 0.00000261. The van der Waals surface area contributed by atoms with E-state index in [1.807, 2.05) is 4.90 Å². The van der Waals surface area contributed by atoms with Gasteiger partial charge < -0.3 is 14.4 Å². The van der Waals surface area contributed by atoms with E-state index in [9.17, 15) is 9.59 Å². The minimum absolute atomic E-state index is 0. The lowest BCUT2D eigenvalue weighted by Crippen LogP contribution is -2.51. The number of allylic oxidation sites excluding steroid dienone is 1. The van der Waals surface area contributed by atoms with Gasteiger partial charge in [0.1, 0.15) is 0 Å². The molecular formula is C20H27ClN2O4. The van der Waals surface area contributed by atoms with E-state index in [0.29, 0.717) is 36.2 Å². The molecule has 1 saturated heterocycles. The van der Waals surface area contributed by atoms with E-state index in [1.165, 1.54) is 12.2 Å². The van der Waals surface area contributed by atoms with E-state index in [-0.39, 0.29) is 30.9 Å². The monoisotopic (exact) mass is 394 g/mol. The van der Waals surface area contributed by atoms with Gasteiger partial charge in [0.15, 0.2) is 17.3 Å². The number of ether oxygens (including phenoxy) is 2. The Hall–Kier alpha value is -2.05. The van der Waals surface area contributed by atoms with Crippen molar-refractivity contribution >= 4 is 24.1 Å². The van der Waals surface area contributed by atoms with Crippen LogP contribution in [0, 0.1) is 0 Å². The van der Waals surface area contributed by atoms with Gasteiger partial charge in [-0.25, -0.2) is 0 Å². The summed E-state index contributed by atoms with van der Waals surface area (Å²) in [6, 6.07) is 5.63. The zero-order valence-corrected chi connectivity index (χ0v) is 16.7. The molecule has 6 nitrogen and oxygen atoms in total.